The van der Waals surface area contributed by atoms with Crippen molar-refractivity contribution >= 4 is 45.9 Å². The number of amides is 1. The van der Waals surface area contributed by atoms with Crippen LogP contribution in [-0.2, 0) is 6.42 Å². The molecule has 1 heterocycles. The number of aryl methyl sites for hydroxylation is 1. The van der Waals surface area contributed by atoms with E-state index in [1.54, 1.807) is 18.2 Å². The van der Waals surface area contributed by atoms with Crippen molar-refractivity contribution in [2.75, 3.05) is 5.32 Å². The van der Waals surface area contributed by atoms with Crippen LogP contribution in [0.15, 0.2) is 65.1 Å². The van der Waals surface area contributed by atoms with E-state index in [0.29, 0.717) is 39.0 Å². The van der Waals surface area contributed by atoms with E-state index in [2.05, 4.69) is 10.3 Å². The molecule has 0 aliphatic carbocycles. The second-order valence-electron chi connectivity index (χ2n) is 6.54. The molecule has 4 nitrogen and oxygen atoms in total. The number of carbonyl (C=O) groups excluding carboxylic acids is 1. The topological polar surface area (TPSA) is 55.1 Å². The van der Waals surface area contributed by atoms with Gasteiger partial charge in [-0.05, 0) is 48.9 Å². The molecule has 0 aliphatic heterocycles. The molecule has 0 atom stereocenters. The van der Waals surface area contributed by atoms with Gasteiger partial charge in [0.25, 0.3) is 5.91 Å². The van der Waals surface area contributed by atoms with Crippen LogP contribution >= 0.6 is 23.2 Å². The van der Waals surface area contributed by atoms with Crippen LogP contribution in [0.5, 0.6) is 0 Å². The molecule has 6 heteroatoms. The Kier molecular flexibility index (Phi) is 5.07. The van der Waals surface area contributed by atoms with Gasteiger partial charge in [0, 0.05) is 22.7 Å². The number of rotatable bonds is 4. The summed E-state index contributed by atoms with van der Waals surface area (Å²) in [4.78, 5) is 16.8. The fourth-order valence-electron chi connectivity index (χ4n) is 2.95. The van der Waals surface area contributed by atoms with Crippen LogP contribution in [0, 0.1) is 6.92 Å². The lowest BCUT2D eigenvalue weighted by molar-refractivity contribution is 0.102. The van der Waals surface area contributed by atoms with Gasteiger partial charge in [-0.15, -0.1) is 0 Å². The van der Waals surface area contributed by atoms with Gasteiger partial charge in [-0.1, -0.05) is 53.0 Å². The number of hydrogen-bond donors (Lipinski definition) is 1. The zero-order chi connectivity index (χ0) is 19.7. The molecule has 140 valence electrons. The molecule has 3 aromatic carbocycles. The van der Waals surface area contributed by atoms with Crippen LogP contribution in [0.1, 0.15) is 27.4 Å². The fraction of sp³-hybridized carbons (Fsp3) is 0.0909. The second kappa shape index (κ2) is 7.66. The van der Waals surface area contributed by atoms with Crippen molar-refractivity contribution in [3.05, 3.63) is 93.3 Å². The molecular formula is C22H16Cl2N2O2. The Morgan fingerprint density at radius 1 is 1.07 bits per heavy atom. The standard InChI is InChI=1S/C22H16Cl2N2O2/c1-13-3-2-4-15(9-13)22(27)25-17-7-5-14(6-8-17)10-20-26-19-12-16(23)11-18(24)21(19)28-20/h2-9,11-12H,10H2,1H3,(H,25,27). The average molecular weight is 411 g/mol. The number of benzene rings is 3. The Morgan fingerprint density at radius 3 is 2.61 bits per heavy atom. The predicted octanol–water partition coefficient (Wildman–Crippen LogP) is 6.29. The molecule has 4 rings (SSSR count). The smallest absolute Gasteiger partial charge is 0.255 e. The van der Waals surface area contributed by atoms with Crippen LogP contribution < -0.4 is 5.32 Å². The largest absolute Gasteiger partial charge is 0.439 e. The molecule has 0 aliphatic rings. The molecule has 0 saturated heterocycles. The maximum Gasteiger partial charge on any atom is 0.255 e. The minimum atomic E-state index is -0.137. The van der Waals surface area contributed by atoms with Crippen molar-refractivity contribution in [1.29, 1.82) is 0 Å². The Labute approximate surface area is 172 Å². The van der Waals surface area contributed by atoms with Gasteiger partial charge in [-0.2, -0.15) is 0 Å². The lowest BCUT2D eigenvalue weighted by Gasteiger charge is -2.07. The van der Waals surface area contributed by atoms with Gasteiger partial charge in [0.05, 0.1) is 5.02 Å². The highest BCUT2D eigenvalue weighted by atomic mass is 35.5. The highest BCUT2D eigenvalue weighted by Gasteiger charge is 2.11. The number of oxazole rings is 1. The maximum atomic E-state index is 12.3. The molecule has 0 bridgehead atoms. The first-order valence-electron chi connectivity index (χ1n) is 8.69. The van der Waals surface area contributed by atoms with E-state index in [-0.39, 0.29) is 5.91 Å². The van der Waals surface area contributed by atoms with E-state index in [1.807, 2.05) is 49.4 Å². The number of hydrogen-bond acceptors (Lipinski definition) is 3. The first kappa shape index (κ1) is 18.5. The first-order valence-corrected chi connectivity index (χ1v) is 9.45. The molecular weight excluding hydrogens is 395 g/mol. The van der Waals surface area contributed by atoms with Crippen LogP contribution in [0.25, 0.3) is 11.1 Å². The Bertz CT molecular complexity index is 1170. The van der Waals surface area contributed by atoms with Gasteiger partial charge < -0.3 is 9.73 Å². The van der Waals surface area contributed by atoms with Crippen molar-refractivity contribution in [2.24, 2.45) is 0 Å². The summed E-state index contributed by atoms with van der Waals surface area (Å²) in [6.07, 6.45) is 0.509. The molecule has 0 saturated carbocycles. The van der Waals surface area contributed by atoms with E-state index in [1.165, 1.54) is 0 Å². The van der Waals surface area contributed by atoms with E-state index in [9.17, 15) is 4.79 Å². The zero-order valence-electron chi connectivity index (χ0n) is 15.0. The number of carbonyl (C=O) groups is 1. The van der Waals surface area contributed by atoms with Crippen LogP contribution in [0.4, 0.5) is 5.69 Å². The van der Waals surface area contributed by atoms with Gasteiger partial charge in [0.15, 0.2) is 11.5 Å². The lowest BCUT2D eigenvalue weighted by Crippen LogP contribution is -2.11. The van der Waals surface area contributed by atoms with Gasteiger partial charge in [-0.3, -0.25) is 4.79 Å². The molecule has 0 unspecified atom stereocenters. The minimum absolute atomic E-state index is 0.137. The third-order valence-electron chi connectivity index (χ3n) is 4.30. The lowest BCUT2D eigenvalue weighted by atomic mass is 10.1. The highest BCUT2D eigenvalue weighted by molar-refractivity contribution is 6.37. The number of halogens is 2. The molecule has 1 aromatic heterocycles. The highest BCUT2D eigenvalue weighted by Crippen LogP contribution is 2.29. The number of aromatic nitrogens is 1. The minimum Gasteiger partial charge on any atom is -0.439 e. The van der Waals surface area contributed by atoms with E-state index in [0.717, 1.165) is 16.8 Å². The van der Waals surface area contributed by atoms with Gasteiger partial charge >= 0.3 is 0 Å². The Morgan fingerprint density at radius 2 is 1.86 bits per heavy atom. The van der Waals surface area contributed by atoms with E-state index in [4.69, 9.17) is 27.6 Å². The fourth-order valence-corrected chi connectivity index (χ4v) is 3.47. The van der Waals surface area contributed by atoms with Crippen LogP contribution in [-0.4, -0.2) is 10.9 Å². The number of fused-ring (bicyclic) bond motifs is 1. The predicted molar refractivity (Wildman–Crippen MR) is 112 cm³/mol. The third-order valence-corrected chi connectivity index (χ3v) is 4.80. The van der Waals surface area contributed by atoms with Crippen molar-refractivity contribution in [3.63, 3.8) is 0 Å². The van der Waals surface area contributed by atoms with Gasteiger partial charge in [0.1, 0.15) is 5.52 Å². The summed E-state index contributed by atoms with van der Waals surface area (Å²) in [5, 5.41) is 3.86. The summed E-state index contributed by atoms with van der Waals surface area (Å²) in [6.45, 7) is 1.96. The normalized spacial score (nSPS) is 11.0. The van der Waals surface area contributed by atoms with Crippen LogP contribution in [0.3, 0.4) is 0 Å². The van der Waals surface area contributed by atoms with Crippen LogP contribution in [0.2, 0.25) is 10.0 Å². The SMILES string of the molecule is Cc1cccc(C(=O)Nc2ccc(Cc3nc4cc(Cl)cc(Cl)c4o3)cc2)c1. The molecule has 1 amide bonds. The van der Waals surface area contributed by atoms with Crippen molar-refractivity contribution in [1.82, 2.24) is 4.98 Å². The maximum absolute atomic E-state index is 12.3. The number of nitrogens with one attached hydrogen (secondary N) is 1. The summed E-state index contributed by atoms with van der Waals surface area (Å²) in [5.41, 5.74) is 4.57. The molecule has 0 radical (unpaired) electrons. The quantitative estimate of drug-likeness (QED) is 0.430. The third kappa shape index (κ3) is 4.03. The number of nitrogens with zero attached hydrogens (tertiary/aromatic N) is 1. The summed E-state index contributed by atoms with van der Waals surface area (Å²) in [7, 11) is 0. The molecule has 0 fully saturated rings. The first-order chi connectivity index (χ1) is 13.5. The monoisotopic (exact) mass is 410 g/mol. The van der Waals surface area contributed by atoms with E-state index >= 15 is 0 Å². The van der Waals surface area contributed by atoms with Crippen molar-refractivity contribution < 1.29 is 9.21 Å². The van der Waals surface area contributed by atoms with Crippen molar-refractivity contribution in [2.45, 2.75) is 13.3 Å². The summed E-state index contributed by atoms with van der Waals surface area (Å²) in [5.74, 6) is 0.414. The van der Waals surface area contributed by atoms with Gasteiger partial charge in [-0.25, -0.2) is 4.98 Å². The van der Waals surface area contributed by atoms with Crippen molar-refractivity contribution in [3.8, 4) is 0 Å². The average Bonchev–Trinajstić information content (AvgIpc) is 3.06. The molecule has 0 spiro atoms. The summed E-state index contributed by atoms with van der Waals surface area (Å²) < 4.78 is 5.75. The number of anilines is 1. The summed E-state index contributed by atoms with van der Waals surface area (Å²) in [6, 6.07) is 18.4. The second-order valence-corrected chi connectivity index (χ2v) is 7.38. The molecule has 4 aromatic rings. The zero-order valence-corrected chi connectivity index (χ0v) is 16.5. The molecule has 28 heavy (non-hydrogen) atoms. The Hall–Kier alpha value is -2.82. The molecule has 1 N–H and O–H groups in total. The van der Waals surface area contributed by atoms with E-state index < -0.39 is 0 Å². The van der Waals surface area contributed by atoms with Gasteiger partial charge in [0.2, 0.25) is 0 Å². The summed E-state index contributed by atoms with van der Waals surface area (Å²) >= 11 is 12.2. The Balaban J connectivity index is 1.47.